The summed E-state index contributed by atoms with van der Waals surface area (Å²) >= 11 is 0. The third-order valence-electron chi connectivity index (χ3n) is 1.92. The Kier molecular flexibility index (Phi) is 7.45. The molecule has 0 fully saturated rings. The predicted octanol–water partition coefficient (Wildman–Crippen LogP) is 0.726. The van der Waals surface area contributed by atoms with Gasteiger partial charge in [0.1, 0.15) is 0 Å². The molecule has 0 radical (unpaired) electrons. The van der Waals surface area contributed by atoms with Crippen LogP contribution in [0.3, 0.4) is 0 Å². The Morgan fingerprint density at radius 1 is 1.33 bits per heavy atom. The zero-order valence-corrected chi connectivity index (χ0v) is 8.42. The van der Waals surface area contributed by atoms with Gasteiger partial charge in [0.2, 0.25) is 0 Å². The average molecular weight is 175 g/mol. The molecule has 0 spiro atoms. The lowest BCUT2D eigenvalue weighted by molar-refractivity contribution is 0.0681. The summed E-state index contributed by atoms with van der Waals surface area (Å²) in [5.41, 5.74) is 0. The number of methoxy groups -OCH3 is 1. The Bertz CT molecular complexity index is 96.5. The monoisotopic (exact) mass is 175 g/mol. The van der Waals surface area contributed by atoms with Gasteiger partial charge in [-0.1, -0.05) is 0 Å². The number of hydrogen-bond donors (Lipinski definition) is 1. The van der Waals surface area contributed by atoms with Gasteiger partial charge < -0.3 is 14.7 Å². The van der Waals surface area contributed by atoms with E-state index in [1.54, 1.807) is 7.11 Å². The topological polar surface area (TPSA) is 32.7 Å². The van der Waals surface area contributed by atoms with Crippen LogP contribution in [0.5, 0.6) is 0 Å². The van der Waals surface area contributed by atoms with Crippen molar-refractivity contribution < 1.29 is 9.84 Å². The van der Waals surface area contributed by atoms with Gasteiger partial charge in [-0.2, -0.15) is 0 Å². The van der Waals surface area contributed by atoms with Crippen LogP contribution in [-0.2, 0) is 4.74 Å². The second-order valence-corrected chi connectivity index (χ2v) is 3.32. The normalized spacial score (nSPS) is 13.8. The van der Waals surface area contributed by atoms with Gasteiger partial charge in [-0.05, 0) is 39.9 Å². The highest BCUT2D eigenvalue weighted by molar-refractivity contribution is 4.58. The molecule has 0 aliphatic rings. The number of hydrogen-bond acceptors (Lipinski definition) is 3. The largest absolute Gasteiger partial charge is 0.396 e. The lowest BCUT2D eigenvalue weighted by Gasteiger charge is -2.15. The molecule has 0 amide bonds. The molecule has 0 saturated heterocycles. The van der Waals surface area contributed by atoms with Crippen molar-refractivity contribution in [2.75, 3.05) is 34.4 Å². The number of aliphatic hydroxyl groups excluding tert-OH is 1. The lowest BCUT2D eigenvalue weighted by atomic mass is 10.1. The summed E-state index contributed by atoms with van der Waals surface area (Å²) in [5.74, 6) is 0. The molecule has 0 aliphatic heterocycles. The van der Waals surface area contributed by atoms with Crippen molar-refractivity contribution in [1.82, 2.24) is 4.90 Å². The van der Waals surface area contributed by atoms with Crippen molar-refractivity contribution in [3.05, 3.63) is 0 Å². The SMILES string of the molecule is COC(CCO)CCCN(C)C. The Balaban J connectivity index is 3.31. The van der Waals surface area contributed by atoms with E-state index in [2.05, 4.69) is 19.0 Å². The molecule has 3 nitrogen and oxygen atoms in total. The van der Waals surface area contributed by atoms with Crippen LogP contribution < -0.4 is 0 Å². The molecular weight excluding hydrogens is 154 g/mol. The van der Waals surface area contributed by atoms with Crippen LogP contribution in [0.2, 0.25) is 0 Å². The van der Waals surface area contributed by atoms with E-state index >= 15 is 0 Å². The first-order valence-electron chi connectivity index (χ1n) is 4.49. The molecule has 0 bridgehead atoms. The molecule has 1 atom stereocenters. The fourth-order valence-electron chi connectivity index (χ4n) is 1.16. The number of ether oxygens (including phenoxy) is 1. The lowest BCUT2D eigenvalue weighted by Crippen LogP contribution is -2.17. The van der Waals surface area contributed by atoms with Crippen LogP contribution in [0.4, 0.5) is 0 Å². The van der Waals surface area contributed by atoms with Crippen LogP contribution in [0, 0.1) is 0 Å². The van der Waals surface area contributed by atoms with Crippen molar-refractivity contribution >= 4 is 0 Å². The first-order chi connectivity index (χ1) is 5.70. The van der Waals surface area contributed by atoms with Crippen molar-refractivity contribution in [1.29, 1.82) is 0 Å². The third-order valence-corrected chi connectivity index (χ3v) is 1.92. The van der Waals surface area contributed by atoms with Crippen molar-refractivity contribution in [2.24, 2.45) is 0 Å². The zero-order valence-electron chi connectivity index (χ0n) is 8.42. The average Bonchev–Trinajstić information content (AvgIpc) is 2.02. The standard InChI is InChI=1S/C9H21NO2/c1-10(2)7-4-5-9(12-3)6-8-11/h9,11H,4-8H2,1-3H3. The fraction of sp³-hybridized carbons (Fsp3) is 1.00. The molecule has 1 unspecified atom stereocenters. The number of rotatable bonds is 7. The van der Waals surface area contributed by atoms with Gasteiger partial charge >= 0.3 is 0 Å². The molecule has 0 aromatic carbocycles. The Hall–Kier alpha value is -0.120. The minimum Gasteiger partial charge on any atom is -0.396 e. The molecule has 0 aromatic rings. The molecule has 0 saturated carbocycles. The van der Waals surface area contributed by atoms with Gasteiger partial charge in [-0.3, -0.25) is 0 Å². The Morgan fingerprint density at radius 3 is 2.42 bits per heavy atom. The van der Waals surface area contributed by atoms with E-state index in [-0.39, 0.29) is 12.7 Å². The maximum atomic E-state index is 8.69. The molecule has 0 aliphatic carbocycles. The van der Waals surface area contributed by atoms with Crippen LogP contribution in [0.25, 0.3) is 0 Å². The van der Waals surface area contributed by atoms with Gasteiger partial charge in [0.05, 0.1) is 6.10 Å². The van der Waals surface area contributed by atoms with Gasteiger partial charge in [0, 0.05) is 13.7 Å². The smallest absolute Gasteiger partial charge is 0.0593 e. The summed E-state index contributed by atoms with van der Waals surface area (Å²) in [6.45, 7) is 1.31. The van der Waals surface area contributed by atoms with Crippen molar-refractivity contribution in [2.45, 2.75) is 25.4 Å². The van der Waals surface area contributed by atoms with Gasteiger partial charge in [0.15, 0.2) is 0 Å². The first kappa shape index (κ1) is 11.9. The summed E-state index contributed by atoms with van der Waals surface area (Å²) < 4.78 is 5.19. The highest BCUT2D eigenvalue weighted by atomic mass is 16.5. The summed E-state index contributed by atoms with van der Waals surface area (Å²) in [6, 6.07) is 0. The maximum absolute atomic E-state index is 8.69. The molecule has 3 heteroatoms. The van der Waals surface area contributed by atoms with E-state index in [1.165, 1.54) is 0 Å². The molecule has 12 heavy (non-hydrogen) atoms. The van der Waals surface area contributed by atoms with Gasteiger partial charge in [0.25, 0.3) is 0 Å². The summed E-state index contributed by atoms with van der Waals surface area (Å²) in [6.07, 6.45) is 3.15. The minimum atomic E-state index is 0.223. The fourth-order valence-corrected chi connectivity index (χ4v) is 1.16. The molecule has 0 aromatic heterocycles. The third kappa shape index (κ3) is 6.58. The van der Waals surface area contributed by atoms with Crippen LogP contribution in [-0.4, -0.2) is 50.5 Å². The highest BCUT2D eigenvalue weighted by Gasteiger charge is 2.05. The Morgan fingerprint density at radius 2 is 2.00 bits per heavy atom. The summed E-state index contributed by atoms with van der Waals surface area (Å²) in [7, 11) is 5.83. The van der Waals surface area contributed by atoms with E-state index in [0.717, 1.165) is 25.8 Å². The van der Waals surface area contributed by atoms with E-state index in [9.17, 15) is 0 Å². The molecular formula is C9H21NO2. The minimum absolute atomic E-state index is 0.223. The van der Waals surface area contributed by atoms with Crippen molar-refractivity contribution in [3.63, 3.8) is 0 Å². The van der Waals surface area contributed by atoms with Gasteiger partial charge in [-0.25, -0.2) is 0 Å². The van der Waals surface area contributed by atoms with Crippen LogP contribution in [0.15, 0.2) is 0 Å². The Labute approximate surface area is 75.3 Å². The number of aliphatic hydroxyl groups is 1. The van der Waals surface area contributed by atoms with E-state index < -0.39 is 0 Å². The van der Waals surface area contributed by atoms with Gasteiger partial charge in [-0.15, -0.1) is 0 Å². The van der Waals surface area contributed by atoms with Crippen molar-refractivity contribution in [3.8, 4) is 0 Å². The van der Waals surface area contributed by atoms with E-state index in [1.807, 2.05) is 0 Å². The molecule has 74 valence electrons. The summed E-state index contributed by atoms with van der Waals surface area (Å²) in [5, 5.41) is 8.69. The molecule has 0 heterocycles. The number of nitrogens with zero attached hydrogens (tertiary/aromatic N) is 1. The van der Waals surface area contributed by atoms with Crippen LogP contribution in [0.1, 0.15) is 19.3 Å². The second-order valence-electron chi connectivity index (χ2n) is 3.32. The quantitative estimate of drug-likeness (QED) is 0.619. The van der Waals surface area contributed by atoms with E-state index in [4.69, 9.17) is 9.84 Å². The predicted molar refractivity (Wildman–Crippen MR) is 50.3 cm³/mol. The van der Waals surface area contributed by atoms with E-state index in [0.29, 0.717) is 0 Å². The first-order valence-corrected chi connectivity index (χ1v) is 4.49. The summed E-state index contributed by atoms with van der Waals surface area (Å²) in [4.78, 5) is 2.16. The molecule has 1 N–H and O–H groups in total. The molecule has 0 rings (SSSR count). The maximum Gasteiger partial charge on any atom is 0.0593 e. The second kappa shape index (κ2) is 7.53. The van der Waals surface area contributed by atoms with Crippen LogP contribution >= 0.6 is 0 Å². The highest BCUT2D eigenvalue weighted by Crippen LogP contribution is 2.05. The zero-order chi connectivity index (χ0) is 9.40.